The molecule has 138 valence electrons. The van der Waals surface area contributed by atoms with Crippen LogP contribution < -0.4 is 10.1 Å². The predicted octanol–water partition coefficient (Wildman–Crippen LogP) is 4.04. The largest absolute Gasteiger partial charge is 0.490 e. The number of nitrogens with one attached hydrogen (secondary N) is 1. The van der Waals surface area contributed by atoms with Crippen molar-refractivity contribution in [3.63, 3.8) is 0 Å². The predicted molar refractivity (Wildman–Crippen MR) is 102 cm³/mol. The fourth-order valence-electron chi connectivity index (χ4n) is 2.56. The van der Waals surface area contributed by atoms with E-state index < -0.39 is 5.82 Å². The molecule has 2 aromatic heterocycles. The Hall–Kier alpha value is -3.28. The summed E-state index contributed by atoms with van der Waals surface area (Å²) in [6.07, 6.45) is 6.25. The second-order valence-electron chi connectivity index (χ2n) is 5.86. The number of nitrogens with zero attached hydrogens (tertiary/aromatic N) is 2. The Morgan fingerprint density at radius 2 is 2.07 bits per heavy atom. The van der Waals surface area contributed by atoms with Gasteiger partial charge in [-0.15, -0.1) is 0 Å². The minimum absolute atomic E-state index is 0.0451. The van der Waals surface area contributed by atoms with E-state index >= 15 is 0 Å². The van der Waals surface area contributed by atoms with Gasteiger partial charge in [0.2, 0.25) is 0 Å². The molecule has 0 aliphatic carbocycles. The molecule has 0 aliphatic heterocycles. The highest BCUT2D eigenvalue weighted by Crippen LogP contribution is 2.20. The molecule has 6 heteroatoms. The van der Waals surface area contributed by atoms with E-state index in [1.165, 1.54) is 0 Å². The van der Waals surface area contributed by atoms with Crippen LogP contribution in [0, 0.1) is 5.82 Å². The average molecular weight is 365 g/mol. The van der Waals surface area contributed by atoms with Gasteiger partial charge in [0.15, 0.2) is 11.6 Å². The summed E-state index contributed by atoms with van der Waals surface area (Å²) in [6, 6.07) is 11.8. The number of benzene rings is 1. The minimum Gasteiger partial charge on any atom is -0.490 e. The molecular formula is C21H20FN3O2. The van der Waals surface area contributed by atoms with Crippen LogP contribution in [0.3, 0.4) is 0 Å². The first-order valence-electron chi connectivity index (χ1n) is 8.70. The lowest BCUT2D eigenvalue weighted by Crippen LogP contribution is -2.24. The number of rotatable bonds is 7. The topological polar surface area (TPSA) is 64.1 Å². The Morgan fingerprint density at radius 3 is 2.93 bits per heavy atom. The van der Waals surface area contributed by atoms with Gasteiger partial charge in [-0.2, -0.15) is 0 Å². The normalized spacial score (nSPS) is 11.0. The lowest BCUT2D eigenvalue weighted by molar-refractivity contribution is 0.0946. The van der Waals surface area contributed by atoms with Crippen LogP contribution in [-0.2, 0) is 6.54 Å². The number of carbonyl (C=O) groups is 1. The molecule has 0 saturated carbocycles. The molecule has 27 heavy (non-hydrogen) atoms. The standard InChI is InChI=1S/C21H20FN3O2/c1-2-3-4-13-27-19-9-5-7-15(20(19)22)14-24-21(26)18-11-10-16-17(25-18)8-6-12-23-16/h2-3,5-12H,4,13-14H2,1H3,(H,24,26). The van der Waals surface area contributed by atoms with Crippen LogP contribution in [-0.4, -0.2) is 22.5 Å². The second kappa shape index (κ2) is 8.89. The highest BCUT2D eigenvalue weighted by atomic mass is 19.1. The lowest BCUT2D eigenvalue weighted by atomic mass is 10.2. The molecule has 2 heterocycles. The van der Waals surface area contributed by atoms with Crippen molar-refractivity contribution in [3.8, 4) is 5.75 Å². The number of amides is 1. The van der Waals surface area contributed by atoms with Crippen LogP contribution in [0.15, 0.2) is 60.8 Å². The van der Waals surface area contributed by atoms with E-state index in [9.17, 15) is 9.18 Å². The van der Waals surface area contributed by atoms with Gasteiger partial charge >= 0.3 is 0 Å². The molecule has 0 radical (unpaired) electrons. The monoisotopic (exact) mass is 365 g/mol. The molecule has 0 unspecified atom stereocenters. The summed E-state index contributed by atoms with van der Waals surface area (Å²) in [6.45, 7) is 2.36. The molecule has 1 amide bonds. The van der Waals surface area contributed by atoms with Crippen LogP contribution in [0.5, 0.6) is 5.75 Å². The number of ether oxygens (including phenoxy) is 1. The van der Waals surface area contributed by atoms with E-state index in [4.69, 9.17) is 4.74 Å². The Labute approximate surface area is 156 Å². The number of fused-ring (bicyclic) bond motifs is 1. The zero-order valence-corrected chi connectivity index (χ0v) is 15.0. The van der Waals surface area contributed by atoms with Gasteiger partial charge in [-0.25, -0.2) is 9.37 Å². The zero-order chi connectivity index (χ0) is 19.1. The molecule has 1 N–H and O–H groups in total. The average Bonchev–Trinajstić information content (AvgIpc) is 2.70. The summed E-state index contributed by atoms with van der Waals surface area (Å²) in [7, 11) is 0. The van der Waals surface area contributed by atoms with E-state index in [0.717, 1.165) is 0 Å². The van der Waals surface area contributed by atoms with E-state index in [-0.39, 0.29) is 23.9 Å². The van der Waals surface area contributed by atoms with E-state index in [1.54, 1.807) is 48.7 Å². The second-order valence-corrected chi connectivity index (χ2v) is 5.86. The number of aromatic nitrogens is 2. The molecule has 0 bridgehead atoms. The molecule has 3 rings (SSSR count). The lowest BCUT2D eigenvalue weighted by Gasteiger charge is -2.10. The highest BCUT2D eigenvalue weighted by Gasteiger charge is 2.12. The number of hydrogen-bond donors (Lipinski definition) is 1. The maximum absolute atomic E-state index is 14.5. The maximum atomic E-state index is 14.5. The molecule has 0 aliphatic rings. The first-order chi connectivity index (χ1) is 13.2. The fourth-order valence-corrected chi connectivity index (χ4v) is 2.56. The van der Waals surface area contributed by atoms with E-state index in [1.807, 2.05) is 19.1 Å². The SMILES string of the molecule is CC=CCCOc1cccc(CNC(=O)c2ccc3ncccc3n2)c1F. The molecule has 1 aromatic carbocycles. The Kier molecular flexibility index (Phi) is 6.10. The molecule has 0 fully saturated rings. The van der Waals surface area contributed by atoms with Crippen LogP contribution in [0.2, 0.25) is 0 Å². The van der Waals surface area contributed by atoms with Gasteiger partial charge in [0.1, 0.15) is 5.69 Å². The van der Waals surface area contributed by atoms with Crippen LogP contribution in [0.4, 0.5) is 4.39 Å². The number of pyridine rings is 2. The summed E-state index contributed by atoms with van der Waals surface area (Å²) in [5.74, 6) is -0.658. The van der Waals surface area contributed by atoms with Crippen LogP contribution >= 0.6 is 0 Å². The van der Waals surface area contributed by atoms with Gasteiger partial charge in [0.05, 0.1) is 17.6 Å². The third-order valence-electron chi connectivity index (χ3n) is 3.95. The van der Waals surface area contributed by atoms with Crippen molar-refractivity contribution in [1.82, 2.24) is 15.3 Å². The molecule has 0 spiro atoms. The van der Waals surface area contributed by atoms with Gasteiger partial charge < -0.3 is 10.1 Å². The zero-order valence-electron chi connectivity index (χ0n) is 15.0. The summed E-state index contributed by atoms with van der Waals surface area (Å²) in [4.78, 5) is 20.8. The van der Waals surface area contributed by atoms with Crippen molar-refractivity contribution in [2.75, 3.05) is 6.61 Å². The van der Waals surface area contributed by atoms with Gasteiger partial charge in [-0.3, -0.25) is 9.78 Å². The Balaban J connectivity index is 1.65. The Bertz CT molecular complexity index is 973. The molecule has 3 aromatic rings. The van der Waals surface area contributed by atoms with Gasteiger partial charge in [0, 0.05) is 18.3 Å². The van der Waals surface area contributed by atoms with Crippen molar-refractivity contribution in [2.45, 2.75) is 19.9 Å². The van der Waals surface area contributed by atoms with Gasteiger partial charge in [-0.1, -0.05) is 24.3 Å². The van der Waals surface area contributed by atoms with Gasteiger partial charge in [0.25, 0.3) is 5.91 Å². The van der Waals surface area contributed by atoms with Crippen molar-refractivity contribution >= 4 is 16.9 Å². The first-order valence-corrected chi connectivity index (χ1v) is 8.70. The van der Waals surface area contributed by atoms with Crippen molar-refractivity contribution in [2.24, 2.45) is 0 Å². The van der Waals surface area contributed by atoms with E-state index in [2.05, 4.69) is 15.3 Å². The molecule has 5 nitrogen and oxygen atoms in total. The first kappa shape index (κ1) is 18.5. The summed E-state index contributed by atoms with van der Waals surface area (Å²) in [5.41, 5.74) is 1.96. The van der Waals surface area contributed by atoms with Crippen molar-refractivity contribution in [1.29, 1.82) is 0 Å². The summed E-state index contributed by atoms with van der Waals surface area (Å²) in [5, 5.41) is 2.70. The molecular weight excluding hydrogens is 345 g/mol. The number of allylic oxidation sites excluding steroid dienone is 1. The van der Waals surface area contributed by atoms with Gasteiger partial charge in [-0.05, 0) is 43.7 Å². The molecule has 0 saturated heterocycles. The quantitative estimate of drug-likeness (QED) is 0.507. The smallest absolute Gasteiger partial charge is 0.270 e. The van der Waals surface area contributed by atoms with Crippen molar-refractivity contribution < 1.29 is 13.9 Å². The summed E-state index contributed by atoms with van der Waals surface area (Å²) < 4.78 is 20.0. The number of hydrogen-bond acceptors (Lipinski definition) is 4. The third kappa shape index (κ3) is 4.67. The molecule has 0 atom stereocenters. The maximum Gasteiger partial charge on any atom is 0.270 e. The van der Waals surface area contributed by atoms with Crippen LogP contribution in [0.1, 0.15) is 29.4 Å². The van der Waals surface area contributed by atoms with Crippen molar-refractivity contribution in [3.05, 3.63) is 77.9 Å². The minimum atomic E-state index is -0.464. The van der Waals surface area contributed by atoms with E-state index in [0.29, 0.717) is 29.6 Å². The third-order valence-corrected chi connectivity index (χ3v) is 3.95. The van der Waals surface area contributed by atoms with Crippen LogP contribution in [0.25, 0.3) is 11.0 Å². The Morgan fingerprint density at radius 1 is 1.19 bits per heavy atom. The summed E-state index contributed by atoms with van der Waals surface area (Å²) >= 11 is 0. The number of halogens is 1. The number of carbonyl (C=O) groups excluding carboxylic acids is 1. The fraction of sp³-hybridized carbons (Fsp3) is 0.190. The highest BCUT2D eigenvalue weighted by molar-refractivity contribution is 5.94.